The maximum absolute atomic E-state index is 11.9. The molecule has 4 rings (SSSR count). The average molecular weight is 374 g/mol. The van der Waals surface area contributed by atoms with Crippen molar-refractivity contribution in [1.82, 2.24) is 25.2 Å². The first-order valence-electron chi connectivity index (χ1n) is 10.1. The second kappa shape index (κ2) is 9.18. The number of aromatic nitrogens is 3. The van der Waals surface area contributed by atoms with Gasteiger partial charge in [-0.15, -0.1) is 5.10 Å². The Kier molecular flexibility index (Phi) is 6.67. The highest BCUT2D eigenvalue weighted by Gasteiger charge is 2.46. The number of nitrogens with zero attached hydrogens (tertiary/aromatic N) is 5. The Labute approximate surface area is 160 Å². The minimum atomic E-state index is -0.501. The van der Waals surface area contributed by atoms with Gasteiger partial charge in [-0.3, -0.25) is 0 Å². The molecule has 2 aliphatic carbocycles. The van der Waals surface area contributed by atoms with Gasteiger partial charge in [0.1, 0.15) is 5.69 Å². The van der Waals surface area contributed by atoms with Gasteiger partial charge in [0.2, 0.25) is 0 Å². The highest BCUT2D eigenvalue weighted by Crippen LogP contribution is 2.41. The highest BCUT2D eigenvalue weighted by atomic mass is 16.5. The fourth-order valence-corrected chi connectivity index (χ4v) is 3.45. The van der Waals surface area contributed by atoms with Crippen molar-refractivity contribution in [3.8, 4) is 6.07 Å². The van der Waals surface area contributed by atoms with Crippen molar-refractivity contribution in [3.63, 3.8) is 0 Å². The van der Waals surface area contributed by atoms with Gasteiger partial charge < -0.3 is 15.0 Å². The molecule has 2 heterocycles. The summed E-state index contributed by atoms with van der Waals surface area (Å²) in [6.07, 6.45) is 10.8. The van der Waals surface area contributed by atoms with Crippen LogP contribution in [0.4, 0.5) is 4.79 Å². The number of ether oxygens (including phenoxy) is 1. The molecule has 3 fully saturated rings. The lowest BCUT2D eigenvalue weighted by atomic mass is 9.91. The van der Waals surface area contributed by atoms with Crippen LogP contribution in [0.3, 0.4) is 0 Å². The fourth-order valence-electron chi connectivity index (χ4n) is 3.45. The van der Waals surface area contributed by atoms with E-state index in [1.165, 1.54) is 32.1 Å². The molecule has 0 spiro atoms. The summed E-state index contributed by atoms with van der Waals surface area (Å²) in [5.41, 5.74) is 0.160. The number of amides is 2. The Balaban J connectivity index is 0.000000253. The Morgan fingerprint density at radius 1 is 1.33 bits per heavy atom. The van der Waals surface area contributed by atoms with E-state index in [-0.39, 0.29) is 6.03 Å². The number of urea groups is 1. The van der Waals surface area contributed by atoms with Crippen LogP contribution in [0.2, 0.25) is 0 Å². The summed E-state index contributed by atoms with van der Waals surface area (Å²) in [7, 11) is 0. The number of hydrogen-bond donors (Lipinski definition) is 1. The van der Waals surface area contributed by atoms with Crippen LogP contribution >= 0.6 is 0 Å². The van der Waals surface area contributed by atoms with E-state index in [2.05, 4.69) is 28.6 Å². The second-order valence-electron chi connectivity index (χ2n) is 7.80. The molecule has 148 valence electrons. The van der Waals surface area contributed by atoms with E-state index < -0.39 is 5.54 Å². The van der Waals surface area contributed by atoms with Gasteiger partial charge in [-0.05, 0) is 18.8 Å². The number of carbonyl (C=O) groups excluding carboxylic acids is 1. The lowest BCUT2D eigenvalue weighted by molar-refractivity contribution is 0.0531. The molecule has 3 aliphatic rings. The molecule has 0 radical (unpaired) electrons. The van der Waals surface area contributed by atoms with Gasteiger partial charge in [-0.25, -0.2) is 9.48 Å². The van der Waals surface area contributed by atoms with E-state index in [1.807, 2.05) is 0 Å². The largest absolute Gasteiger partial charge is 0.378 e. The lowest BCUT2D eigenvalue weighted by Gasteiger charge is -2.26. The molecular weight excluding hydrogens is 344 g/mol. The van der Waals surface area contributed by atoms with E-state index >= 15 is 0 Å². The van der Waals surface area contributed by atoms with E-state index in [9.17, 15) is 4.79 Å². The number of nitriles is 1. The van der Waals surface area contributed by atoms with Crippen LogP contribution in [0.25, 0.3) is 0 Å². The fraction of sp³-hybridized carbons (Fsp3) is 0.789. The minimum Gasteiger partial charge on any atom is -0.378 e. The first kappa shape index (κ1) is 19.6. The molecule has 8 nitrogen and oxygen atoms in total. The van der Waals surface area contributed by atoms with Gasteiger partial charge in [-0.2, -0.15) is 5.26 Å². The van der Waals surface area contributed by atoms with Crippen molar-refractivity contribution in [3.05, 3.63) is 11.9 Å². The summed E-state index contributed by atoms with van der Waals surface area (Å²) in [5.74, 6) is 1.04. The lowest BCUT2D eigenvalue weighted by Crippen LogP contribution is -2.45. The zero-order valence-corrected chi connectivity index (χ0v) is 16.2. The van der Waals surface area contributed by atoms with E-state index in [1.54, 1.807) is 15.8 Å². The summed E-state index contributed by atoms with van der Waals surface area (Å²) < 4.78 is 6.80. The molecule has 0 unspecified atom stereocenters. The van der Waals surface area contributed by atoms with Gasteiger partial charge in [-0.1, -0.05) is 44.2 Å². The number of hydrogen-bond acceptors (Lipinski definition) is 5. The summed E-state index contributed by atoms with van der Waals surface area (Å²) in [6.45, 7) is 5.05. The number of rotatable bonds is 3. The normalized spacial score (nSPS) is 21.6. The molecule has 8 heteroatoms. The van der Waals surface area contributed by atoms with Crippen LogP contribution in [-0.4, -0.2) is 52.2 Å². The van der Waals surface area contributed by atoms with E-state index in [0.717, 1.165) is 18.8 Å². The molecule has 2 amide bonds. The number of nitrogens with one attached hydrogen (secondary N) is 1. The predicted molar refractivity (Wildman–Crippen MR) is 99.7 cm³/mol. The summed E-state index contributed by atoms with van der Waals surface area (Å²) in [5, 5.41) is 19.8. The molecule has 0 bridgehead atoms. The third-order valence-corrected chi connectivity index (χ3v) is 5.52. The summed E-state index contributed by atoms with van der Waals surface area (Å²) in [4.78, 5) is 13.6. The topological polar surface area (TPSA) is 96.1 Å². The maximum Gasteiger partial charge on any atom is 0.317 e. The number of carbonyl (C=O) groups is 1. The zero-order chi connectivity index (χ0) is 19.1. The van der Waals surface area contributed by atoms with Crippen LogP contribution in [0.15, 0.2) is 6.20 Å². The van der Waals surface area contributed by atoms with Gasteiger partial charge in [0.25, 0.3) is 0 Å². The van der Waals surface area contributed by atoms with Crippen LogP contribution < -0.4 is 5.32 Å². The Morgan fingerprint density at radius 2 is 2.04 bits per heavy atom. The van der Waals surface area contributed by atoms with Gasteiger partial charge in [0.05, 0.1) is 32.0 Å². The van der Waals surface area contributed by atoms with Gasteiger partial charge >= 0.3 is 6.03 Å². The van der Waals surface area contributed by atoms with Gasteiger partial charge in [0.15, 0.2) is 5.54 Å². The molecule has 1 saturated heterocycles. The standard InChI is InChI=1S/C12H16N6O2.C7H14/c13-9-12(1-2-12)18-8-10(15-16-18)7-14-11(19)17-3-5-20-6-4-17;1-7-5-3-2-4-6-7/h8H,1-7H2,(H,14,19);7H,2-6H2,1H3. The molecule has 27 heavy (non-hydrogen) atoms. The van der Waals surface area contributed by atoms with Crippen molar-refractivity contribution < 1.29 is 9.53 Å². The Morgan fingerprint density at radius 3 is 2.59 bits per heavy atom. The molecule has 2 saturated carbocycles. The molecular formula is C19H30N6O2. The van der Waals surface area contributed by atoms with Crippen molar-refractivity contribution in [2.75, 3.05) is 26.3 Å². The van der Waals surface area contributed by atoms with Crippen molar-refractivity contribution in [1.29, 1.82) is 5.26 Å². The van der Waals surface area contributed by atoms with E-state index in [4.69, 9.17) is 10.00 Å². The van der Waals surface area contributed by atoms with Gasteiger partial charge in [0, 0.05) is 13.1 Å². The molecule has 1 aliphatic heterocycles. The quantitative estimate of drug-likeness (QED) is 0.876. The first-order chi connectivity index (χ1) is 13.1. The van der Waals surface area contributed by atoms with E-state index in [0.29, 0.717) is 38.5 Å². The third-order valence-electron chi connectivity index (χ3n) is 5.52. The van der Waals surface area contributed by atoms with Crippen molar-refractivity contribution in [2.24, 2.45) is 5.92 Å². The first-order valence-corrected chi connectivity index (χ1v) is 10.1. The Hall–Kier alpha value is -2.14. The maximum atomic E-state index is 11.9. The molecule has 1 N–H and O–H groups in total. The van der Waals surface area contributed by atoms with Crippen LogP contribution in [-0.2, 0) is 16.8 Å². The van der Waals surface area contributed by atoms with Crippen molar-refractivity contribution >= 4 is 6.03 Å². The SMILES string of the molecule is CC1CCCCC1.N#CC1(n2cc(CNC(=O)N3CCOCC3)nn2)CC1. The summed E-state index contributed by atoms with van der Waals surface area (Å²) >= 11 is 0. The monoisotopic (exact) mass is 374 g/mol. The van der Waals surface area contributed by atoms with Crippen LogP contribution in [0.5, 0.6) is 0 Å². The van der Waals surface area contributed by atoms with Crippen molar-refractivity contribution in [2.45, 2.75) is 64.0 Å². The average Bonchev–Trinajstić information content (AvgIpc) is 3.37. The zero-order valence-electron chi connectivity index (χ0n) is 16.2. The minimum absolute atomic E-state index is 0.121. The summed E-state index contributed by atoms with van der Waals surface area (Å²) in [6, 6.07) is 2.13. The second-order valence-corrected chi connectivity index (χ2v) is 7.80. The highest BCUT2D eigenvalue weighted by molar-refractivity contribution is 5.74. The predicted octanol–water partition coefficient (Wildman–Crippen LogP) is 2.42. The molecule has 0 atom stereocenters. The molecule has 1 aromatic rings. The van der Waals surface area contributed by atoms with Crippen LogP contribution in [0.1, 0.15) is 57.6 Å². The smallest absolute Gasteiger partial charge is 0.317 e. The van der Waals surface area contributed by atoms with Crippen LogP contribution in [0, 0.1) is 17.2 Å². The number of morpholine rings is 1. The Bertz CT molecular complexity index is 651. The molecule has 1 aromatic heterocycles. The molecule has 0 aromatic carbocycles. The third kappa shape index (κ3) is 5.42.